The van der Waals surface area contributed by atoms with Crippen LogP contribution in [0.5, 0.6) is 5.75 Å². The van der Waals surface area contributed by atoms with Gasteiger partial charge in [-0.15, -0.1) is 0 Å². The number of oxazole rings is 1. The van der Waals surface area contributed by atoms with Gasteiger partial charge in [0.15, 0.2) is 5.76 Å². The van der Waals surface area contributed by atoms with Crippen LogP contribution in [0, 0.1) is 0 Å². The van der Waals surface area contributed by atoms with E-state index in [1.807, 2.05) is 36.5 Å². The van der Waals surface area contributed by atoms with Gasteiger partial charge in [-0.2, -0.15) is 0 Å². The van der Waals surface area contributed by atoms with E-state index in [0.29, 0.717) is 12.5 Å². The third-order valence-corrected chi connectivity index (χ3v) is 5.03. The van der Waals surface area contributed by atoms with E-state index in [9.17, 15) is 0 Å². The molecule has 1 aromatic carbocycles. The second-order valence-electron chi connectivity index (χ2n) is 7.68. The normalized spacial score (nSPS) is 14.1. The van der Waals surface area contributed by atoms with Crippen LogP contribution in [-0.4, -0.2) is 34.6 Å². The molecule has 0 aliphatic carbocycles. The summed E-state index contributed by atoms with van der Waals surface area (Å²) in [6.07, 6.45) is 8.32. The first-order chi connectivity index (χ1) is 14.2. The molecule has 0 spiro atoms. The fraction of sp³-hybridized carbons (Fsp3) is 0.333. The highest BCUT2D eigenvalue weighted by atomic mass is 16.5. The number of nitrogens with zero attached hydrogens (tertiary/aromatic N) is 3. The van der Waals surface area contributed by atoms with Crippen molar-refractivity contribution in [3.05, 3.63) is 66.0 Å². The molecule has 0 radical (unpaired) electrons. The second kappa shape index (κ2) is 9.05. The maximum absolute atomic E-state index is 5.95. The zero-order valence-electron chi connectivity index (χ0n) is 17.1. The van der Waals surface area contributed by atoms with Crippen LogP contribution in [0.15, 0.2) is 64.9 Å². The van der Waals surface area contributed by atoms with Gasteiger partial charge in [-0.05, 0) is 81.7 Å². The summed E-state index contributed by atoms with van der Waals surface area (Å²) in [5.74, 6) is 2.09. The van der Waals surface area contributed by atoms with Crippen molar-refractivity contribution >= 4 is 0 Å². The summed E-state index contributed by atoms with van der Waals surface area (Å²) in [5, 5.41) is 0. The number of rotatable bonds is 7. The van der Waals surface area contributed by atoms with Crippen LogP contribution in [-0.2, 0) is 6.54 Å². The van der Waals surface area contributed by atoms with Gasteiger partial charge in [-0.25, -0.2) is 4.98 Å². The van der Waals surface area contributed by atoms with E-state index in [1.54, 1.807) is 6.20 Å². The van der Waals surface area contributed by atoms with Crippen LogP contribution in [0.3, 0.4) is 0 Å². The topological polar surface area (TPSA) is 51.4 Å². The van der Waals surface area contributed by atoms with Crippen molar-refractivity contribution in [2.24, 2.45) is 0 Å². The molecular formula is C24H27N3O2. The van der Waals surface area contributed by atoms with Crippen molar-refractivity contribution in [3.63, 3.8) is 0 Å². The molecular weight excluding hydrogens is 362 g/mol. The molecule has 0 unspecified atom stereocenters. The molecule has 1 aliphatic rings. The summed E-state index contributed by atoms with van der Waals surface area (Å²) in [4.78, 5) is 11.4. The standard InChI is InChI=1S/C24H27N3O2/c1-18(2)11-14-28-21-8-6-20(7-9-21)23-16-26-24(29-23)22-10-5-19(15-25-22)17-27-12-3-4-13-27/h5-11,15-16H,3-4,12-14,17H2,1-2H3. The number of aromatic nitrogens is 2. The average molecular weight is 389 g/mol. The van der Waals surface area contributed by atoms with Gasteiger partial charge in [0.25, 0.3) is 0 Å². The lowest BCUT2D eigenvalue weighted by atomic mass is 10.2. The van der Waals surface area contributed by atoms with Gasteiger partial charge < -0.3 is 9.15 Å². The van der Waals surface area contributed by atoms with Crippen molar-refractivity contribution in [3.8, 4) is 28.7 Å². The molecule has 0 saturated carbocycles. The minimum absolute atomic E-state index is 0.539. The molecule has 3 heterocycles. The summed E-state index contributed by atoms with van der Waals surface area (Å²) in [7, 11) is 0. The first-order valence-corrected chi connectivity index (χ1v) is 10.2. The van der Waals surface area contributed by atoms with E-state index >= 15 is 0 Å². The molecule has 1 fully saturated rings. The number of ether oxygens (including phenoxy) is 1. The number of hydrogen-bond acceptors (Lipinski definition) is 5. The largest absolute Gasteiger partial charge is 0.490 e. The highest BCUT2D eigenvalue weighted by molar-refractivity contribution is 5.60. The third kappa shape index (κ3) is 5.12. The van der Waals surface area contributed by atoms with Crippen molar-refractivity contribution in [1.82, 2.24) is 14.9 Å². The number of allylic oxidation sites excluding steroid dienone is 1. The fourth-order valence-corrected chi connectivity index (χ4v) is 3.39. The highest BCUT2D eigenvalue weighted by Gasteiger charge is 2.13. The predicted molar refractivity (Wildman–Crippen MR) is 115 cm³/mol. The molecule has 29 heavy (non-hydrogen) atoms. The van der Waals surface area contributed by atoms with E-state index in [-0.39, 0.29) is 0 Å². The average Bonchev–Trinajstić information content (AvgIpc) is 3.41. The predicted octanol–water partition coefficient (Wildman–Crippen LogP) is 5.34. The quantitative estimate of drug-likeness (QED) is 0.510. The van der Waals surface area contributed by atoms with Gasteiger partial charge in [-0.1, -0.05) is 11.6 Å². The molecule has 2 aromatic heterocycles. The van der Waals surface area contributed by atoms with E-state index < -0.39 is 0 Å². The van der Waals surface area contributed by atoms with Crippen LogP contribution in [0.1, 0.15) is 32.3 Å². The Hall–Kier alpha value is -2.92. The number of pyridine rings is 1. The Morgan fingerprint density at radius 3 is 2.52 bits per heavy atom. The van der Waals surface area contributed by atoms with Gasteiger partial charge >= 0.3 is 0 Å². The number of hydrogen-bond donors (Lipinski definition) is 0. The molecule has 0 amide bonds. The maximum Gasteiger partial charge on any atom is 0.245 e. The molecule has 0 bridgehead atoms. The van der Waals surface area contributed by atoms with E-state index in [1.165, 1.54) is 37.1 Å². The molecule has 5 nitrogen and oxygen atoms in total. The Morgan fingerprint density at radius 2 is 1.83 bits per heavy atom. The summed E-state index contributed by atoms with van der Waals surface area (Å²) < 4.78 is 11.7. The molecule has 1 aliphatic heterocycles. The smallest absolute Gasteiger partial charge is 0.245 e. The Bertz CT molecular complexity index is 949. The second-order valence-corrected chi connectivity index (χ2v) is 7.68. The fourth-order valence-electron chi connectivity index (χ4n) is 3.39. The van der Waals surface area contributed by atoms with Crippen molar-refractivity contribution in [2.75, 3.05) is 19.7 Å². The van der Waals surface area contributed by atoms with Crippen molar-refractivity contribution in [2.45, 2.75) is 33.2 Å². The Labute approximate surface area is 172 Å². The van der Waals surface area contributed by atoms with Gasteiger partial charge in [0.05, 0.1) is 6.20 Å². The molecule has 3 aromatic rings. The maximum atomic E-state index is 5.95. The lowest BCUT2D eigenvalue weighted by Crippen LogP contribution is -2.18. The minimum Gasteiger partial charge on any atom is -0.490 e. The number of benzene rings is 1. The molecule has 4 rings (SSSR count). The Morgan fingerprint density at radius 1 is 1.03 bits per heavy atom. The van der Waals surface area contributed by atoms with Crippen LogP contribution < -0.4 is 4.74 Å². The lowest BCUT2D eigenvalue weighted by molar-refractivity contribution is 0.331. The summed E-state index contributed by atoms with van der Waals surface area (Å²) in [6, 6.07) is 12.0. The molecule has 1 saturated heterocycles. The number of likely N-dealkylation sites (tertiary alicyclic amines) is 1. The monoisotopic (exact) mass is 389 g/mol. The van der Waals surface area contributed by atoms with E-state index in [2.05, 4.69) is 40.9 Å². The molecule has 5 heteroatoms. The summed E-state index contributed by atoms with van der Waals surface area (Å²) >= 11 is 0. The molecule has 150 valence electrons. The third-order valence-electron chi connectivity index (χ3n) is 5.03. The minimum atomic E-state index is 0.539. The zero-order chi connectivity index (χ0) is 20.1. The summed E-state index contributed by atoms with van der Waals surface area (Å²) in [5.41, 5.74) is 4.19. The summed E-state index contributed by atoms with van der Waals surface area (Å²) in [6.45, 7) is 8.03. The van der Waals surface area contributed by atoms with Crippen molar-refractivity contribution < 1.29 is 9.15 Å². The van der Waals surface area contributed by atoms with Crippen LogP contribution in [0.4, 0.5) is 0 Å². The van der Waals surface area contributed by atoms with Crippen LogP contribution >= 0.6 is 0 Å². The van der Waals surface area contributed by atoms with Gasteiger partial charge in [0, 0.05) is 18.3 Å². The van der Waals surface area contributed by atoms with E-state index in [0.717, 1.165) is 29.3 Å². The van der Waals surface area contributed by atoms with Crippen LogP contribution in [0.2, 0.25) is 0 Å². The van der Waals surface area contributed by atoms with Crippen LogP contribution in [0.25, 0.3) is 22.9 Å². The first-order valence-electron chi connectivity index (χ1n) is 10.2. The van der Waals surface area contributed by atoms with Gasteiger partial charge in [0.1, 0.15) is 18.1 Å². The van der Waals surface area contributed by atoms with Gasteiger partial charge in [0.2, 0.25) is 5.89 Å². The zero-order valence-corrected chi connectivity index (χ0v) is 17.1. The SMILES string of the molecule is CC(C)=CCOc1ccc(-c2cnc(-c3ccc(CN4CCCC4)cn3)o2)cc1. The lowest BCUT2D eigenvalue weighted by Gasteiger charge is -2.13. The molecule has 0 atom stereocenters. The van der Waals surface area contributed by atoms with E-state index in [4.69, 9.17) is 9.15 Å². The van der Waals surface area contributed by atoms with Gasteiger partial charge in [-0.3, -0.25) is 9.88 Å². The molecule has 0 N–H and O–H groups in total. The van der Waals surface area contributed by atoms with Crippen molar-refractivity contribution in [1.29, 1.82) is 0 Å². The first kappa shape index (κ1) is 19.4. The Balaban J connectivity index is 1.40. The Kier molecular flexibility index (Phi) is 6.06. The highest BCUT2D eigenvalue weighted by Crippen LogP contribution is 2.27.